The van der Waals surface area contributed by atoms with E-state index in [2.05, 4.69) is 126 Å². The van der Waals surface area contributed by atoms with E-state index in [4.69, 9.17) is 0 Å². The van der Waals surface area contributed by atoms with Gasteiger partial charge in [-0.05, 0) is 136 Å². The van der Waals surface area contributed by atoms with Gasteiger partial charge in [-0.2, -0.15) is 0 Å². The second kappa shape index (κ2) is 11.3. The maximum absolute atomic E-state index is 2.87. The molecule has 2 nitrogen and oxygen atoms in total. The molecule has 4 fully saturated rings. The Kier molecular flexibility index (Phi) is 6.32. The minimum atomic E-state index is -0.100. The molecule has 4 saturated carbocycles. The fraction of sp³-hybridized carbons (Fsp3) is 0.368. The van der Waals surface area contributed by atoms with E-state index in [0.717, 1.165) is 11.8 Å². The van der Waals surface area contributed by atoms with Gasteiger partial charge in [0.15, 0.2) is 0 Å². The number of hydrogen-bond acceptors (Lipinski definition) is 0. The quantitative estimate of drug-likeness (QED) is 0.155. The summed E-state index contributed by atoms with van der Waals surface area (Å²) < 4.78 is 5.64. The summed E-state index contributed by atoms with van der Waals surface area (Å²) in [6, 6.07) is 42.1. The average molecular weight is 777 g/mol. The summed E-state index contributed by atoms with van der Waals surface area (Å²) in [5, 5.41) is 7.18. The van der Waals surface area contributed by atoms with E-state index in [1.165, 1.54) is 183 Å². The Bertz CT molecular complexity index is 3220. The third-order valence-electron chi connectivity index (χ3n) is 18.5. The summed E-state index contributed by atoms with van der Waals surface area (Å²) >= 11 is 0. The molecule has 7 aliphatic rings. The van der Waals surface area contributed by atoms with Crippen LogP contribution in [-0.4, -0.2) is 15.9 Å². The van der Waals surface area contributed by atoms with Crippen LogP contribution in [0.4, 0.5) is 0 Å². The van der Waals surface area contributed by atoms with E-state index >= 15 is 0 Å². The zero-order chi connectivity index (χ0) is 39.3. The summed E-state index contributed by atoms with van der Waals surface area (Å²) in [6.45, 7) is 5.03. The summed E-state index contributed by atoms with van der Waals surface area (Å²) in [4.78, 5) is 0. The van der Waals surface area contributed by atoms with Gasteiger partial charge in [0.25, 0.3) is 0 Å². The van der Waals surface area contributed by atoms with Gasteiger partial charge in [-0.25, -0.2) is 0 Å². The van der Waals surface area contributed by atoms with E-state index in [9.17, 15) is 0 Å². The van der Waals surface area contributed by atoms with E-state index in [1.807, 2.05) is 0 Å². The molecule has 0 atom stereocenters. The number of fused-ring (bicyclic) bond motifs is 18. The van der Waals surface area contributed by atoms with Crippen LogP contribution in [0.2, 0.25) is 0 Å². The van der Waals surface area contributed by atoms with Crippen molar-refractivity contribution < 1.29 is 0 Å². The standard InChI is InChI=1S/C57H53BN2/c1-55(2)46-20-6-5-18-40(46)53-49(55)41-19-7-21-47-52(41)59(53)54-39-17-4-3-16-36(39)28-43-45-31-38(57-26-10-14-35(33-57)15-11-27-57)30-44-42-29-37(56-24-8-12-34(32-56)13-9-25-56)22-23-48(42)60(51(44)45)58(47)50(43)54/h3-7,16-23,28-31,34-35H,8-15,24-27,32-33H2,1-2H3. The first-order chi connectivity index (χ1) is 29.4. The molecule has 0 unspecified atom stereocenters. The van der Waals surface area contributed by atoms with Crippen molar-refractivity contribution in [1.82, 2.24) is 9.05 Å². The topological polar surface area (TPSA) is 9.86 Å². The van der Waals surface area contributed by atoms with Crippen LogP contribution in [0, 0.1) is 11.8 Å². The van der Waals surface area contributed by atoms with Gasteiger partial charge in [-0.3, -0.25) is 0 Å². The maximum atomic E-state index is 2.87. The van der Waals surface area contributed by atoms with E-state index in [1.54, 1.807) is 11.1 Å². The number of rotatable bonds is 2. The van der Waals surface area contributed by atoms with Gasteiger partial charge >= 0.3 is 6.85 Å². The van der Waals surface area contributed by atoms with E-state index in [0.29, 0.717) is 10.8 Å². The Hall–Kier alpha value is -5.02. The minimum Gasteiger partial charge on any atom is -0.375 e. The van der Waals surface area contributed by atoms with Crippen LogP contribution in [-0.2, 0) is 16.2 Å². The molecule has 0 amide bonds. The van der Waals surface area contributed by atoms with Crippen LogP contribution in [0.15, 0.2) is 103 Å². The van der Waals surface area contributed by atoms with Crippen LogP contribution in [0.3, 0.4) is 0 Å². The van der Waals surface area contributed by atoms with Crippen LogP contribution in [0.1, 0.15) is 126 Å². The first-order valence-corrected chi connectivity index (χ1v) is 23.9. The Morgan fingerprint density at radius 3 is 2.03 bits per heavy atom. The lowest BCUT2D eigenvalue weighted by Gasteiger charge is -2.46. The van der Waals surface area contributed by atoms with Gasteiger partial charge in [-0.15, -0.1) is 0 Å². The average Bonchev–Trinajstić information content (AvgIpc) is 3.88. The first-order valence-electron chi connectivity index (χ1n) is 23.9. The summed E-state index contributed by atoms with van der Waals surface area (Å²) in [5.41, 5.74) is 21.2. The highest BCUT2D eigenvalue weighted by molar-refractivity contribution is 6.90. The summed E-state index contributed by atoms with van der Waals surface area (Å²) in [5.74, 6) is 1.80. The van der Waals surface area contributed by atoms with Gasteiger partial charge in [0.05, 0.1) is 16.9 Å². The lowest BCUT2D eigenvalue weighted by Crippen LogP contribution is -2.55. The molecule has 60 heavy (non-hydrogen) atoms. The Labute approximate surface area is 354 Å². The molecule has 6 aromatic carbocycles. The van der Waals surface area contributed by atoms with Crippen LogP contribution >= 0.6 is 0 Å². The number of benzene rings is 6. The highest BCUT2D eigenvalue weighted by atomic mass is 15.0. The maximum Gasteiger partial charge on any atom is 0.333 e. The Morgan fingerprint density at radius 1 is 0.567 bits per heavy atom. The lowest BCUT2D eigenvalue weighted by atomic mass is 9.45. The van der Waals surface area contributed by atoms with Crippen LogP contribution < -0.4 is 10.9 Å². The largest absolute Gasteiger partial charge is 0.375 e. The van der Waals surface area contributed by atoms with Gasteiger partial charge in [-0.1, -0.05) is 138 Å². The van der Waals surface area contributed by atoms with Gasteiger partial charge in [0.2, 0.25) is 0 Å². The molecule has 8 aromatic rings. The minimum absolute atomic E-state index is 0.0900. The molecule has 3 heteroatoms. The highest BCUT2D eigenvalue weighted by Crippen LogP contribution is 2.58. The zero-order valence-corrected chi connectivity index (χ0v) is 35.3. The van der Waals surface area contributed by atoms with Crippen molar-refractivity contribution in [2.24, 2.45) is 11.8 Å². The normalized spacial score (nSPS) is 26.5. The molecule has 2 aromatic heterocycles. The number of hydrogen-bond donors (Lipinski definition) is 0. The van der Waals surface area contributed by atoms with Crippen LogP contribution in [0.5, 0.6) is 0 Å². The second-order valence-electron chi connectivity index (χ2n) is 21.6. The molecule has 2 aliphatic heterocycles. The molecule has 0 saturated heterocycles. The predicted octanol–water partition coefficient (Wildman–Crippen LogP) is 13.4. The number of aromatic nitrogens is 2. The monoisotopic (exact) mass is 776 g/mol. The molecule has 0 N–H and O–H groups in total. The fourth-order valence-corrected chi connectivity index (χ4v) is 16.1. The molecule has 294 valence electrons. The second-order valence-corrected chi connectivity index (χ2v) is 21.6. The van der Waals surface area contributed by atoms with Crippen molar-refractivity contribution in [2.75, 3.05) is 0 Å². The van der Waals surface area contributed by atoms with Gasteiger partial charge < -0.3 is 9.05 Å². The van der Waals surface area contributed by atoms with Crippen molar-refractivity contribution in [3.63, 3.8) is 0 Å². The summed E-state index contributed by atoms with van der Waals surface area (Å²) in [7, 11) is 0. The molecule has 0 spiro atoms. The molecular formula is C57H53BN2. The smallest absolute Gasteiger partial charge is 0.333 e. The zero-order valence-electron chi connectivity index (χ0n) is 35.3. The van der Waals surface area contributed by atoms with Crippen molar-refractivity contribution in [2.45, 2.75) is 120 Å². The van der Waals surface area contributed by atoms with Crippen molar-refractivity contribution >= 4 is 61.3 Å². The highest BCUT2D eigenvalue weighted by Gasteiger charge is 2.49. The Balaban J connectivity index is 1.11. The molecule has 15 rings (SSSR count). The molecule has 0 radical (unpaired) electrons. The fourth-order valence-electron chi connectivity index (χ4n) is 16.1. The molecule has 5 aliphatic carbocycles. The first kappa shape index (κ1) is 33.7. The molecule has 4 bridgehead atoms. The van der Waals surface area contributed by atoms with E-state index < -0.39 is 0 Å². The predicted molar refractivity (Wildman–Crippen MR) is 252 cm³/mol. The van der Waals surface area contributed by atoms with Crippen molar-refractivity contribution in [1.29, 1.82) is 0 Å². The third-order valence-corrected chi connectivity index (χ3v) is 18.5. The van der Waals surface area contributed by atoms with E-state index in [-0.39, 0.29) is 12.3 Å². The Morgan fingerprint density at radius 2 is 1.25 bits per heavy atom. The number of para-hydroxylation sites is 1. The number of nitrogens with zero attached hydrogens (tertiary/aromatic N) is 2. The van der Waals surface area contributed by atoms with Gasteiger partial charge in [0, 0.05) is 49.1 Å². The third kappa shape index (κ3) is 3.97. The molecular weight excluding hydrogens is 723 g/mol. The van der Waals surface area contributed by atoms with Crippen LogP contribution in [0.25, 0.3) is 71.6 Å². The lowest BCUT2D eigenvalue weighted by molar-refractivity contribution is 0.149. The van der Waals surface area contributed by atoms with Crippen molar-refractivity contribution in [3.05, 3.63) is 125 Å². The molecule has 4 heterocycles. The SMILES string of the molecule is CC1(C)c2ccccc2-c2c1c1cccc3c1n2-c1c2c(cc4ccccc14)-c1cc(C45CCCC(CCC4)C5)cc4c5cc(C67CCCC(CCC6)C7)ccc5n(c14)B23. The van der Waals surface area contributed by atoms with Crippen molar-refractivity contribution in [3.8, 4) is 28.1 Å². The van der Waals surface area contributed by atoms with Gasteiger partial charge in [0.1, 0.15) is 0 Å². The summed E-state index contributed by atoms with van der Waals surface area (Å²) in [6.07, 6.45) is 19.5.